The number of hydrogen-bond donors (Lipinski definition) is 1. The maximum absolute atomic E-state index is 10.8. The van der Waals surface area contributed by atoms with Crippen LogP contribution in [0.25, 0.3) is 0 Å². The normalized spacial score (nSPS) is 14.0. The van der Waals surface area contributed by atoms with Crippen molar-refractivity contribution in [1.82, 2.24) is 0 Å². The average molecular weight is 401 g/mol. The fourth-order valence-corrected chi connectivity index (χ4v) is 3.60. The molecule has 1 N–H and O–H groups in total. The Bertz CT molecular complexity index is 387. The van der Waals surface area contributed by atoms with Crippen molar-refractivity contribution in [3.8, 4) is 0 Å². The van der Waals surface area contributed by atoms with Crippen LogP contribution in [-0.2, 0) is 10.1 Å². The van der Waals surface area contributed by atoms with Gasteiger partial charge in [-0.2, -0.15) is 0 Å². The Kier molecular flexibility index (Phi) is 21.5. The van der Waals surface area contributed by atoms with E-state index in [2.05, 4.69) is 6.92 Å². The Balaban J connectivity index is 0. The predicted octanol–water partition coefficient (Wildman–Crippen LogP) is 2.55. The van der Waals surface area contributed by atoms with E-state index in [4.69, 9.17) is 0 Å². The molecular formula is C20H41NaO4S. The SMILES string of the molecule is CCCCCCCCC(O)CCCCCCCCCC(C)S(=O)(=O)[O-].[Na+]. The van der Waals surface area contributed by atoms with Crippen LogP contribution in [0.1, 0.15) is 117 Å². The fourth-order valence-electron chi connectivity index (χ4n) is 3.14. The minimum atomic E-state index is -4.10. The minimum absolute atomic E-state index is 0. The zero-order valence-corrected chi connectivity index (χ0v) is 20.4. The van der Waals surface area contributed by atoms with E-state index >= 15 is 0 Å². The zero-order valence-electron chi connectivity index (χ0n) is 17.5. The number of hydrogen-bond acceptors (Lipinski definition) is 4. The number of aliphatic hydroxyl groups is 1. The molecule has 0 bridgehead atoms. The van der Waals surface area contributed by atoms with Crippen LogP contribution in [0.5, 0.6) is 0 Å². The molecule has 6 heteroatoms. The van der Waals surface area contributed by atoms with E-state index in [1.165, 1.54) is 51.9 Å². The summed E-state index contributed by atoms with van der Waals surface area (Å²) in [4.78, 5) is 0. The van der Waals surface area contributed by atoms with E-state index in [-0.39, 0.29) is 35.7 Å². The van der Waals surface area contributed by atoms with Crippen LogP contribution in [0, 0.1) is 0 Å². The molecule has 26 heavy (non-hydrogen) atoms. The first kappa shape index (κ1) is 29.1. The molecule has 2 unspecified atom stereocenters. The molecule has 0 saturated carbocycles. The molecule has 2 atom stereocenters. The van der Waals surface area contributed by atoms with Crippen molar-refractivity contribution in [2.24, 2.45) is 0 Å². The molecule has 0 saturated heterocycles. The predicted molar refractivity (Wildman–Crippen MR) is 105 cm³/mol. The first-order valence-electron chi connectivity index (χ1n) is 10.5. The number of rotatable bonds is 18. The molecule has 4 nitrogen and oxygen atoms in total. The monoisotopic (exact) mass is 400 g/mol. The Morgan fingerprint density at radius 2 is 1.08 bits per heavy atom. The summed E-state index contributed by atoms with van der Waals surface area (Å²) in [5, 5.41) is 9.22. The second-order valence-electron chi connectivity index (χ2n) is 7.57. The second kappa shape index (κ2) is 19.2. The van der Waals surface area contributed by atoms with Crippen molar-refractivity contribution in [3.63, 3.8) is 0 Å². The topological polar surface area (TPSA) is 77.4 Å². The van der Waals surface area contributed by atoms with Crippen LogP contribution in [0.3, 0.4) is 0 Å². The summed E-state index contributed by atoms with van der Waals surface area (Å²) in [5.74, 6) is 0. The Morgan fingerprint density at radius 1 is 0.731 bits per heavy atom. The summed E-state index contributed by atoms with van der Waals surface area (Å²) in [6, 6.07) is 0. The summed E-state index contributed by atoms with van der Waals surface area (Å²) in [7, 11) is -4.10. The van der Waals surface area contributed by atoms with E-state index in [1.54, 1.807) is 0 Å². The van der Waals surface area contributed by atoms with Gasteiger partial charge in [0.15, 0.2) is 0 Å². The van der Waals surface area contributed by atoms with Crippen molar-refractivity contribution in [2.75, 3.05) is 0 Å². The smallest absolute Gasteiger partial charge is 0.748 e. The number of unbranched alkanes of at least 4 members (excludes halogenated alkanes) is 11. The molecule has 0 aliphatic rings. The molecule has 0 aromatic rings. The van der Waals surface area contributed by atoms with Crippen LogP contribution >= 0.6 is 0 Å². The van der Waals surface area contributed by atoms with E-state index in [1.807, 2.05) is 0 Å². The van der Waals surface area contributed by atoms with Crippen LogP contribution < -0.4 is 29.6 Å². The molecule has 0 radical (unpaired) electrons. The van der Waals surface area contributed by atoms with Crippen LogP contribution in [0.4, 0.5) is 0 Å². The molecule has 0 rings (SSSR count). The molecular weight excluding hydrogens is 359 g/mol. The third kappa shape index (κ3) is 19.6. The van der Waals surface area contributed by atoms with E-state index in [9.17, 15) is 18.1 Å². The summed E-state index contributed by atoms with van der Waals surface area (Å²) in [5.41, 5.74) is 0. The Morgan fingerprint density at radius 3 is 1.46 bits per heavy atom. The summed E-state index contributed by atoms with van der Waals surface area (Å²) >= 11 is 0. The quantitative estimate of drug-likeness (QED) is 0.218. The standard InChI is InChI=1S/C20H42O4S.Na/c1-3-4-5-6-11-14-17-20(21)18-15-12-9-7-8-10-13-16-19(2)25(22,23)24;/h19-21H,3-18H2,1-2H3,(H,22,23,24);/q;+1/p-1. The van der Waals surface area contributed by atoms with Crippen LogP contribution in [0.15, 0.2) is 0 Å². The van der Waals surface area contributed by atoms with E-state index < -0.39 is 15.4 Å². The largest absolute Gasteiger partial charge is 1.00 e. The molecule has 0 aromatic carbocycles. The first-order valence-corrected chi connectivity index (χ1v) is 12.0. The minimum Gasteiger partial charge on any atom is -0.748 e. The molecule has 0 aliphatic heterocycles. The van der Waals surface area contributed by atoms with Gasteiger partial charge in [-0.3, -0.25) is 0 Å². The molecule has 0 aromatic heterocycles. The average Bonchev–Trinajstić information content (AvgIpc) is 2.55. The van der Waals surface area contributed by atoms with Gasteiger partial charge in [0.1, 0.15) is 0 Å². The molecule has 0 heterocycles. The molecule has 0 fully saturated rings. The van der Waals surface area contributed by atoms with Crippen molar-refractivity contribution in [1.29, 1.82) is 0 Å². The van der Waals surface area contributed by atoms with Crippen LogP contribution in [-0.4, -0.2) is 29.4 Å². The van der Waals surface area contributed by atoms with E-state index in [0.29, 0.717) is 6.42 Å². The maximum Gasteiger partial charge on any atom is 1.00 e. The number of aliphatic hydroxyl groups excluding tert-OH is 1. The van der Waals surface area contributed by atoms with Crippen LogP contribution in [0.2, 0.25) is 0 Å². The van der Waals surface area contributed by atoms with Gasteiger partial charge in [0.05, 0.1) is 16.2 Å². The molecule has 152 valence electrons. The van der Waals surface area contributed by atoms with Gasteiger partial charge in [0.2, 0.25) is 0 Å². The molecule has 0 spiro atoms. The fraction of sp³-hybridized carbons (Fsp3) is 1.00. The van der Waals surface area contributed by atoms with Gasteiger partial charge >= 0.3 is 29.6 Å². The molecule has 0 amide bonds. The van der Waals surface area contributed by atoms with Gasteiger partial charge < -0.3 is 9.66 Å². The third-order valence-corrected chi connectivity index (χ3v) is 6.25. The van der Waals surface area contributed by atoms with Crippen molar-refractivity contribution in [2.45, 2.75) is 128 Å². The Labute approximate surface area is 185 Å². The first-order chi connectivity index (χ1) is 11.9. The summed E-state index contributed by atoms with van der Waals surface area (Å²) < 4.78 is 32.3. The van der Waals surface area contributed by atoms with Gasteiger partial charge in [-0.1, -0.05) is 90.4 Å². The van der Waals surface area contributed by atoms with Crippen molar-refractivity contribution in [3.05, 3.63) is 0 Å². The van der Waals surface area contributed by atoms with Gasteiger partial charge in [-0.05, 0) is 26.2 Å². The van der Waals surface area contributed by atoms with Gasteiger partial charge in [0.25, 0.3) is 0 Å². The van der Waals surface area contributed by atoms with Crippen molar-refractivity contribution < 1.29 is 47.6 Å². The van der Waals surface area contributed by atoms with Gasteiger partial charge in [-0.15, -0.1) is 0 Å². The Hall–Kier alpha value is 0.870. The zero-order chi connectivity index (χ0) is 19.0. The third-order valence-electron chi connectivity index (χ3n) is 5.03. The molecule has 0 aliphatic carbocycles. The van der Waals surface area contributed by atoms with Gasteiger partial charge in [-0.25, -0.2) is 8.42 Å². The second-order valence-corrected chi connectivity index (χ2v) is 9.36. The maximum atomic E-state index is 10.8. The summed E-state index contributed by atoms with van der Waals surface area (Å²) in [6.45, 7) is 3.73. The van der Waals surface area contributed by atoms with Crippen molar-refractivity contribution >= 4 is 10.1 Å². The van der Waals surface area contributed by atoms with E-state index in [0.717, 1.165) is 51.4 Å². The van der Waals surface area contributed by atoms with Gasteiger partial charge in [0, 0.05) is 5.25 Å². The summed E-state index contributed by atoms with van der Waals surface area (Å²) in [6.07, 6.45) is 17.4.